The molecule has 2 aromatic rings. The molecule has 6 nitrogen and oxygen atoms in total. The summed E-state index contributed by atoms with van der Waals surface area (Å²) < 4.78 is 0. The summed E-state index contributed by atoms with van der Waals surface area (Å²) in [6.45, 7) is 5.66. The number of allylic oxidation sites excluding steroid dienone is 2. The second-order valence-corrected chi connectivity index (χ2v) is 8.05. The highest BCUT2D eigenvalue weighted by atomic mass is 16.2. The zero-order chi connectivity index (χ0) is 19.6. The Hall–Kier alpha value is -2.86. The third kappa shape index (κ3) is 3.85. The zero-order valence-electron chi connectivity index (χ0n) is 16.7. The second kappa shape index (κ2) is 7.87. The van der Waals surface area contributed by atoms with Crippen molar-refractivity contribution in [2.24, 2.45) is 0 Å². The molecule has 3 aliphatic rings. The number of rotatable bonds is 4. The Labute approximate surface area is 171 Å². The maximum Gasteiger partial charge on any atom is 0.319 e. The molecule has 5 rings (SSSR count). The lowest BCUT2D eigenvalue weighted by molar-refractivity contribution is 0.249. The van der Waals surface area contributed by atoms with Gasteiger partial charge in [0.1, 0.15) is 0 Å². The third-order valence-electron chi connectivity index (χ3n) is 6.14. The molecule has 0 radical (unpaired) electrons. The SMILES string of the molecule is O=C1NCc2cc(N3CCN(Cc4cccnc4C4=CCCC4)CC3)ccc2N1. The first-order valence-electron chi connectivity index (χ1n) is 10.5. The summed E-state index contributed by atoms with van der Waals surface area (Å²) >= 11 is 0. The highest BCUT2D eigenvalue weighted by molar-refractivity contribution is 5.92. The van der Waals surface area contributed by atoms with Gasteiger partial charge in [-0.3, -0.25) is 9.88 Å². The lowest BCUT2D eigenvalue weighted by Crippen LogP contribution is -2.46. The molecule has 0 saturated carbocycles. The number of carbonyl (C=O) groups excluding carboxylic acids is 1. The number of pyridine rings is 1. The van der Waals surface area contributed by atoms with Crippen molar-refractivity contribution in [3.63, 3.8) is 0 Å². The fourth-order valence-electron chi connectivity index (χ4n) is 4.53. The standard InChI is InChI=1S/C23H27N5O/c29-23-25-15-19-14-20(7-8-21(19)26-23)28-12-10-27(11-13-28)16-18-6-3-9-24-22(18)17-4-1-2-5-17/h3-4,6-9,14H,1-2,5,10-13,15-16H2,(H2,25,26,29). The minimum atomic E-state index is -0.123. The number of nitrogens with one attached hydrogen (secondary N) is 2. The van der Waals surface area contributed by atoms with Crippen LogP contribution in [0.25, 0.3) is 5.57 Å². The number of nitrogens with zero attached hydrogens (tertiary/aromatic N) is 3. The van der Waals surface area contributed by atoms with Crippen LogP contribution in [0.15, 0.2) is 42.6 Å². The lowest BCUT2D eigenvalue weighted by Gasteiger charge is -2.36. The average Bonchev–Trinajstić information content (AvgIpc) is 3.29. The van der Waals surface area contributed by atoms with E-state index in [1.807, 2.05) is 12.3 Å². The molecule has 3 heterocycles. The van der Waals surface area contributed by atoms with Gasteiger partial charge in [0.15, 0.2) is 0 Å². The molecular formula is C23H27N5O. The van der Waals surface area contributed by atoms with Crippen molar-refractivity contribution in [3.8, 4) is 0 Å². The molecule has 2 amide bonds. The Morgan fingerprint density at radius 1 is 1.10 bits per heavy atom. The summed E-state index contributed by atoms with van der Waals surface area (Å²) in [5.74, 6) is 0. The number of fused-ring (bicyclic) bond motifs is 1. The molecule has 1 aromatic carbocycles. The molecule has 1 aliphatic carbocycles. The van der Waals surface area contributed by atoms with Crippen molar-refractivity contribution in [3.05, 3.63) is 59.4 Å². The van der Waals surface area contributed by atoms with Crippen LogP contribution in [-0.2, 0) is 13.1 Å². The summed E-state index contributed by atoms with van der Waals surface area (Å²) in [6, 6.07) is 10.5. The van der Waals surface area contributed by atoms with E-state index in [4.69, 9.17) is 4.98 Å². The van der Waals surface area contributed by atoms with Gasteiger partial charge in [0.2, 0.25) is 0 Å². The summed E-state index contributed by atoms with van der Waals surface area (Å²) in [5.41, 5.74) is 7.28. The minimum absolute atomic E-state index is 0.123. The Kier molecular flexibility index (Phi) is 4.94. The Balaban J connectivity index is 1.23. The molecular weight excluding hydrogens is 362 g/mol. The van der Waals surface area contributed by atoms with E-state index in [1.54, 1.807) is 0 Å². The zero-order valence-corrected chi connectivity index (χ0v) is 16.7. The van der Waals surface area contributed by atoms with E-state index in [0.717, 1.165) is 50.4 Å². The Bertz CT molecular complexity index is 946. The number of amides is 2. The average molecular weight is 390 g/mol. The van der Waals surface area contributed by atoms with Gasteiger partial charge in [-0.2, -0.15) is 0 Å². The second-order valence-electron chi connectivity index (χ2n) is 8.05. The van der Waals surface area contributed by atoms with Crippen molar-refractivity contribution in [2.75, 3.05) is 36.4 Å². The summed E-state index contributed by atoms with van der Waals surface area (Å²) in [6.07, 6.45) is 7.87. The van der Waals surface area contributed by atoms with E-state index in [1.165, 1.54) is 35.4 Å². The van der Waals surface area contributed by atoms with Crippen LogP contribution in [-0.4, -0.2) is 42.1 Å². The molecule has 1 saturated heterocycles. The Morgan fingerprint density at radius 3 is 2.83 bits per heavy atom. The van der Waals surface area contributed by atoms with Crippen molar-refractivity contribution < 1.29 is 4.79 Å². The summed E-state index contributed by atoms with van der Waals surface area (Å²) in [5, 5.41) is 5.71. The van der Waals surface area contributed by atoms with Gasteiger partial charge in [0, 0.05) is 56.8 Å². The molecule has 6 heteroatoms. The topological polar surface area (TPSA) is 60.5 Å². The van der Waals surface area contributed by atoms with Crippen LogP contribution in [0.3, 0.4) is 0 Å². The predicted octanol–water partition coefficient (Wildman–Crippen LogP) is 3.61. The number of aromatic nitrogens is 1. The van der Waals surface area contributed by atoms with Crippen molar-refractivity contribution in [1.29, 1.82) is 0 Å². The number of piperazine rings is 1. The normalized spacial score (nSPS) is 19.4. The molecule has 1 aromatic heterocycles. The van der Waals surface area contributed by atoms with Crippen LogP contribution in [0.5, 0.6) is 0 Å². The van der Waals surface area contributed by atoms with Gasteiger partial charge in [-0.25, -0.2) is 4.79 Å². The summed E-state index contributed by atoms with van der Waals surface area (Å²) in [4.78, 5) is 21.1. The summed E-state index contributed by atoms with van der Waals surface area (Å²) in [7, 11) is 0. The molecule has 2 N–H and O–H groups in total. The van der Waals surface area contributed by atoms with Gasteiger partial charge >= 0.3 is 6.03 Å². The van der Waals surface area contributed by atoms with Gasteiger partial charge in [-0.1, -0.05) is 12.1 Å². The predicted molar refractivity (Wildman–Crippen MR) is 116 cm³/mol. The van der Waals surface area contributed by atoms with Gasteiger partial charge in [-0.15, -0.1) is 0 Å². The maximum absolute atomic E-state index is 11.5. The maximum atomic E-state index is 11.5. The van der Waals surface area contributed by atoms with Crippen LogP contribution < -0.4 is 15.5 Å². The number of hydrogen-bond donors (Lipinski definition) is 2. The fraction of sp³-hybridized carbons (Fsp3) is 0.391. The number of benzene rings is 1. The van der Waals surface area contributed by atoms with Crippen LogP contribution in [0.4, 0.5) is 16.2 Å². The number of carbonyl (C=O) groups is 1. The molecule has 0 bridgehead atoms. The third-order valence-corrected chi connectivity index (χ3v) is 6.14. The van der Waals surface area contributed by atoms with E-state index >= 15 is 0 Å². The Morgan fingerprint density at radius 2 is 2.00 bits per heavy atom. The van der Waals surface area contributed by atoms with Crippen LogP contribution >= 0.6 is 0 Å². The molecule has 1 fully saturated rings. The van der Waals surface area contributed by atoms with Crippen molar-refractivity contribution in [2.45, 2.75) is 32.4 Å². The quantitative estimate of drug-likeness (QED) is 0.839. The fourth-order valence-corrected chi connectivity index (χ4v) is 4.53. The van der Waals surface area contributed by atoms with Gasteiger partial charge in [-0.05, 0) is 60.2 Å². The van der Waals surface area contributed by atoms with E-state index < -0.39 is 0 Å². The van der Waals surface area contributed by atoms with Crippen molar-refractivity contribution in [1.82, 2.24) is 15.2 Å². The number of anilines is 2. The van der Waals surface area contributed by atoms with Gasteiger partial charge < -0.3 is 15.5 Å². The monoisotopic (exact) mass is 389 g/mol. The van der Waals surface area contributed by atoms with Crippen molar-refractivity contribution >= 4 is 23.0 Å². The lowest BCUT2D eigenvalue weighted by atomic mass is 10.0. The smallest absolute Gasteiger partial charge is 0.319 e. The number of urea groups is 1. The van der Waals surface area contributed by atoms with Gasteiger partial charge in [0.05, 0.1) is 5.69 Å². The first kappa shape index (κ1) is 18.2. The molecule has 29 heavy (non-hydrogen) atoms. The minimum Gasteiger partial charge on any atom is -0.369 e. The largest absolute Gasteiger partial charge is 0.369 e. The van der Waals surface area contributed by atoms with E-state index in [-0.39, 0.29) is 6.03 Å². The van der Waals surface area contributed by atoms with Crippen LogP contribution in [0, 0.1) is 0 Å². The highest BCUT2D eigenvalue weighted by Gasteiger charge is 2.21. The van der Waals surface area contributed by atoms with Crippen LogP contribution in [0.2, 0.25) is 0 Å². The first-order chi connectivity index (χ1) is 14.3. The molecule has 0 atom stereocenters. The van der Waals surface area contributed by atoms with E-state index in [0.29, 0.717) is 6.54 Å². The molecule has 0 unspecified atom stereocenters. The number of hydrogen-bond acceptors (Lipinski definition) is 4. The molecule has 0 spiro atoms. The van der Waals surface area contributed by atoms with E-state index in [2.05, 4.69) is 50.8 Å². The molecule has 2 aliphatic heterocycles. The van der Waals surface area contributed by atoms with Gasteiger partial charge in [0.25, 0.3) is 0 Å². The first-order valence-corrected chi connectivity index (χ1v) is 10.5. The highest BCUT2D eigenvalue weighted by Crippen LogP contribution is 2.30. The molecule has 150 valence electrons. The van der Waals surface area contributed by atoms with E-state index in [9.17, 15) is 4.79 Å². The van der Waals surface area contributed by atoms with Crippen LogP contribution in [0.1, 0.15) is 36.1 Å².